The monoisotopic (exact) mass is 375 g/mol. The quantitative estimate of drug-likeness (QED) is 0.667. The van der Waals surface area contributed by atoms with Crippen molar-refractivity contribution in [1.82, 2.24) is 5.32 Å². The van der Waals surface area contributed by atoms with E-state index in [1.807, 2.05) is 43.3 Å². The number of benzene rings is 3. The molecule has 1 saturated heterocycles. The number of carbonyl (C=O) groups excluding carboxylic acids is 1. The third-order valence-corrected chi connectivity index (χ3v) is 5.19. The van der Waals surface area contributed by atoms with E-state index in [9.17, 15) is 4.79 Å². The molecule has 3 aromatic carbocycles. The van der Waals surface area contributed by atoms with Crippen molar-refractivity contribution in [2.45, 2.75) is 31.9 Å². The summed E-state index contributed by atoms with van der Waals surface area (Å²) in [4.78, 5) is 12.8. The highest BCUT2D eigenvalue weighted by Crippen LogP contribution is 2.24. The lowest BCUT2D eigenvalue weighted by Crippen LogP contribution is -2.26. The molecule has 0 aromatic heterocycles. The number of ether oxygens (including phenoxy) is 2. The summed E-state index contributed by atoms with van der Waals surface area (Å²) in [7, 11) is 0. The second-order valence-corrected chi connectivity index (χ2v) is 7.24. The van der Waals surface area contributed by atoms with E-state index in [1.54, 1.807) is 6.07 Å². The van der Waals surface area contributed by atoms with Gasteiger partial charge in [-0.25, -0.2) is 0 Å². The number of carbonyl (C=O) groups is 1. The number of amides is 1. The summed E-state index contributed by atoms with van der Waals surface area (Å²) in [5.74, 6) is 0.587. The van der Waals surface area contributed by atoms with Crippen LogP contribution in [0, 0.1) is 0 Å². The van der Waals surface area contributed by atoms with Crippen molar-refractivity contribution in [3.05, 3.63) is 77.9 Å². The molecular formula is C24H25NO3. The van der Waals surface area contributed by atoms with Crippen LogP contribution >= 0.6 is 0 Å². The van der Waals surface area contributed by atoms with Crippen molar-refractivity contribution in [2.75, 3.05) is 13.2 Å². The molecule has 1 aliphatic heterocycles. The number of fused-ring (bicyclic) bond motifs is 1. The molecule has 1 amide bonds. The van der Waals surface area contributed by atoms with Crippen LogP contribution in [0.25, 0.3) is 10.8 Å². The fourth-order valence-electron chi connectivity index (χ4n) is 3.68. The molecule has 1 aliphatic rings. The van der Waals surface area contributed by atoms with Gasteiger partial charge in [0.25, 0.3) is 5.91 Å². The van der Waals surface area contributed by atoms with Crippen molar-refractivity contribution < 1.29 is 14.3 Å². The molecular weight excluding hydrogens is 350 g/mol. The molecule has 0 bridgehead atoms. The van der Waals surface area contributed by atoms with Gasteiger partial charge in [0, 0.05) is 12.2 Å². The molecule has 0 radical (unpaired) electrons. The zero-order valence-corrected chi connectivity index (χ0v) is 16.1. The van der Waals surface area contributed by atoms with Gasteiger partial charge in [-0.3, -0.25) is 4.79 Å². The molecule has 4 rings (SSSR count). The average Bonchev–Trinajstić information content (AvgIpc) is 3.25. The van der Waals surface area contributed by atoms with E-state index in [-0.39, 0.29) is 18.1 Å². The van der Waals surface area contributed by atoms with Crippen LogP contribution in [0.2, 0.25) is 0 Å². The fourth-order valence-corrected chi connectivity index (χ4v) is 3.68. The molecule has 1 heterocycles. The Bertz CT molecular complexity index is 957. The van der Waals surface area contributed by atoms with Gasteiger partial charge in [0.05, 0.1) is 12.1 Å². The van der Waals surface area contributed by atoms with Gasteiger partial charge in [-0.2, -0.15) is 0 Å². The highest BCUT2D eigenvalue weighted by molar-refractivity contribution is 5.95. The Hall–Kier alpha value is -2.85. The van der Waals surface area contributed by atoms with Crippen molar-refractivity contribution in [3.63, 3.8) is 0 Å². The minimum atomic E-state index is -0.108. The van der Waals surface area contributed by atoms with Crippen LogP contribution in [-0.4, -0.2) is 25.2 Å². The van der Waals surface area contributed by atoms with Crippen LogP contribution in [-0.2, 0) is 4.74 Å². The minimum absolute atomic E-state index is 0.102. The summed E-state index contributed by atoms with van der Waals surface area (Å²) in [5, 5.41) is 5.44. The van der Waals surface area contributed by atoms with Crippen LogP contribution in [0.15, 0.2) is 66.7 Å². The van der Waals surface area contributed by atoms with Crippen LogP contribution in [0.3, 0.4) is 0 Å². The molecule has 144 valence electrons. The van der Waals surface area contributed by atoms with Gasteiger partial charge in [0.1, 0.15) is 12.4 Å². The summed E-state index contributed by atoms with van der Waals surface area (Å²) in [6, 6.07) is 21.6. The van der Waals surface area contributed by atoms with E-state index in [0.717, 1.165) is 30.4 Å². The summed E-state index contributed by atoms with van der Waals surface area (Å²) in [6.45, 7) is 3.34. The SMILES string of the molecule is CC(NC(=O)c1cccc(OCC2CCCO2)c1)c1cccc2ccccc12. The number of hydrogen-bond donors (Lipinski definition) is 1. The van der Waals surface area contributed by atoms with E-state index >= 15 is 0 Å². The van der Waals surface area contributed by atoms with Gasteiger partial charge in [0.15, 0.2) is 0 Å². The largest absolute Gasteiger partial charge is 0.491 e. The zero-order chi connectivity index (χ0) is 19.3. The molecule has 4 nitrogen and oxygen atoms in total. The second-order valence-electron chi connectivity index (χ2n) is 7.24. The van der Waals surface area contributed by atoms with Gasteiger partial charge >= 0.3 is 0 Å². The standard InChI is InChI=1S/C24H25NO3/c1-17(22-13-5-8-18-7-2-3-12-23(18)22)25-24(26)19-9-4-10-20(15-19)28-16-21-11-6-14-27-21/h2-5,7-10,12-13,15,17,21H,6,11,14,16H2,1H3,(H,25,26). The van der Waals surface area contributed by atoms with Crippen LogP contribution in [0.1, 0.15) is 41.7 Å². The topological polar surface area (TPSA) is 47.6 Å². The third kappa shape index (κ3) is 4.18. The normalized spacial score (nSPS) is 17.4. The predicted octanol–water partition coefficient (Wildman–Crippen LogP) is 4.89. The van der Waals surface area contributed by atoms with E-state index in [4.69, 9.17) is 9.47 Å². The lowest BCUT2D eigenvalue weighted by Gasteiger charge is -2.17. The number of hydrogen-bond acceptors (Lipinski definition) is 3. The minimum Gasteiger partial charge on any atom is -0.491 e. The molecule has 4 heteroatoms. The number of rotatable bonds is 6. The Morgan fingerprint density at radius 2 is 1.96 bits per heavy atom. The Kier molecular flexibility index (Phi) is 5.58. The zero-order valence-electron chi connectivity index (χ0n) is 16.1. The first-order valence-electron chi connectivity index (χ1n) is 9.84. The fraction of sp³-hybridized carbons (Fsp3) is 0.292. The first-order valence-corrected chi connectivity index (χ1v) is 9.84. The van der Waals surface area contributed by atoms with Crippen LogP contribution in [0.5, 0.6) is 5.75 Å². The average molecular weight is 375 g/mol. The van der Waals surface area contributed by atoms with Crippen molar-refractivity contribution in [3.8, 4) is 5.75 Å². The van der Waals surface area contributed by atoms with Gasteiger partial charge in [-0.1, -0.05) is 48.5 Å². The highest BCUT2D eigenvalue weighted by atomic mass is 16.5. The van der Waals surface area contributed by atoms with E-state index in [1.165, 1.54) is 5.39 Å². The third-order valence-electron chi connectivity index (χ3n) is 5.19. The Labute approximate surface area is 165 Å². The first kappa shape index (κ1) is 18.5. The lowest BCUT2D eigenvalue weighted by atomic mass is 9.99. The first-order chi connectivity index (χ1) is 13.7. The Morgan fingerprint density at radius 3 is 2.82 bits per heavy atom. The van der Waals surface area contributed by atoms with E-state index in [0.29, 0.717) is 17.9 Å². The summed E-state index contributed by atoms with van der Waals surface area (Å²) < 4.78 is 11.4. The second kappa shape index (κ2) is 8.44. The molecule has 3 aromatic rings. The van der Waals surface area contributed by atoms with E-state index in [2.05, 4.69) is 29.6 Å². The van der Waals surface area contributed by atoms with Crippen molar-refractivity contribution in [1.29, 1.82) is 0 Å². The Balaban J connectivity index is 1.44. The van der Waals surface area contributed by atoms with Crippen molar-refractivity contribution in [2.24, 2.45) is 0 Å². The summed E-state index contributed by atoms with van der Waals surface area (Å²) in [5.41, 5.74) is 1.70. The summed E-state index contributed by atoms with van der Waals surface area (Å²) in [6.07, 6.45) is 2.27. The number of nitrogens with one attached hydrogen (secondary N) is 1. The molecule has 1 fully saturated rings. The lowest BCUT2D eigenvalue weighted by molar-refractivity contribution is 0.0679. The molecule has 0 saturated carbocycles. The molecule has 1 N–H and O–H groups in total. The maximum atomic E-state index is 12.8. The molecule has 2 unspecified atom stereocenters. The maximum absolute atomic E-state index is 12.8. The smallest absolute Gasteiger partial charge is 0.251 e. The van der Waals surface area contributed by atoms with Crippen LogP contribution in [0.4, 0.5) is 0 Å². The van der Waals surface area contributed by atoms with E-state index < -0.39 is 0 Å². The van der Waals surface area contributed by atoms with Crippen LogP contribution < -0.4 is 10.1 Å². The highest BCUT2D eigenvalue weighted by Gasteiger charge is 2.17. The van der Waals surface area contributed by atoms with Crippen molar-refractivity contribution >= 4 is 16.7 Å². The van der Waals surface area contributed by atoms with Gasteiger partial charge in [0.2, 0.25) is 0 Å². The molecule has 2 atom stereocenters. The van der Waals surface area contributed by atoms with Gasteiger partial charge < -0.3 is 14.8 Å². The molecule has 0 spiro atoms. The Morgan fingerprint density at radius 1 is 1.14 bits per heavy atom. The maximum Gasteiger partial charge on any atom is 0.251 e. The van der Waals surface area contributed by atoms with Gasteiger partial charge in [-0.15, -0.1) is 0 Å². The molecule has 0 aliphatic carbocycles. The molecule has 28 heavy (non-hydrogen) atoms. The van der Waals surface area contributed by atoms with Gasteiger partial charge in [-0.05, 0) is 54.3 Å². The summed E-state index contributed by atoms with van der Waals surface area (Å²) >= 11 is 0. The predicted molar refractivity (Wildman–Crippen MR) is 111 cm³/mol.